The highest BCUT2D eigenvalue weighted by atomic mass is 19.4. The van der Waals surface area contributed by atoms with Gasteiger partial charge in [0.05, 0.1) is 11.3 Å². The summed E-state index contributed by atoms with van der Waals surface area (Å²) in [5, 5.41) is 11.2. The number of nitrogens with zero attached hydrogens (tertiary/aromatic N) is 3. The van der Waals surface area contributed by atoms with Crippen LogP contribution in [0, 0.1) is 18.7 Å². The number of carbonyl (C=O) groups excluding carboxylic acids is 1. The van der Waals surface area contributed by atoms with E-state index in [-0.39, 0.29) is 17.5 Å². The Bertz CT molecular complexity index is 1140. The summed E-state index contributed by atoms with van der Waals surface area (Å²) in [5.41, 5.74) is 1.43. The Balaban J connectivity index is 1.36. The monoisotopic (exact) mass is 458 g/mol. The molecule has 4 rings (SSSR count). The lowest BCUT2D eigenvalue weighted by Crippen LogP contribution is -2.38. The minimum Gasteiger partial charge on any atom is -0.355 e. The van der Waals surface area contributed by atoms with E-state index in [1.54, 1.807) is 0 Å². The number of amides is 1. The zero-order chi connectivity index (χ0) is 23.6. The normalized spacial score (nSPS) is 14.9. The molecule has 3 aromatic rings. The van der Waals surface area contributed by atoms with E-state index in [1.807, 2.05) is 48.2 Å². The van der Waals surface area contributed by atoms with Crippen LogP contribution in [0.5, 0.6) is 0 Å². The van der Waals surface area contributed by atoms with Gasteiger partial charge in [-0.2, -0.15) is 13.2 Å². The molecule has 1 amide bonds. The number of nitrogens with one attached hydrogen (secondary N) is 1. The summed E-state index contributed by atoms with van der Waals surface area (Å²) in [6, 6.07) is 14.2. The summed E-state index contributed by atoms with van der Waals surface area (Å²) >= 11 is 0. The predicted octanol–water partition coefficient (Wildman–Crippen LogP) is 5.47. The first-order valence-corrected chi connectivity index (χ1v) is 10.5. The van der Waals surface area contributed by atoms with Crippen molar-refractivity contribution in [2.24, 2.45) is 5.92 Å². The van der Waals surface area contributed by atoms with Gasteiger partial charge in [0.2, 0.25) is 5.91 Å². The number of hydrogen-bond acceptors (Lipinski definition) is 4. The number of alkyl halides is 3. The van der Waals surface area contributed by atoms with Crippen molar-refractivity contribution in [3.63, 3.8) is 0 Å². The van der Waals surface area contributed by atoms with Crippen molar-refractivity contribution < 1.29 is 22.4 Å². The molecule has 0 spiro atoms. The SMILES string of the molecule is Cc1ccccc1-c1ccc(N2CCC(C(=O)Nc3ccc(F)c(C(F)(F)F)c3)CC2)nn1. The molecule has 33 heavy (non-hydrogen) atoms. The maximum absolute atomic E-state index is 13.5. The lowest BCUT2D eigenvalue weighted by Gasteiger charge is -2.31. The van der Waals surface area contributed by atoms with Crippen molar-refractivity contribution in [3.8, 4) is 11.3 Å². The molecule has 0 saturated carbocycles. The molecule has 0 bridgehead atoms. The average molecular weight is 458 g/mol. The highest BCUT2D eigenvalue weighted by Gasteiger charge is 2.34. The number of benzene rings is 2. The van der Waals surface area contributed by atoms with Gasteiger partial charge in [0.25, 0.3) is 0 Å². The van der Waals surface area contributed by atoms with Crippen LogP contribution in [0.2, 0.25) is 0 Å². The third-order valence-electron chi connectivity index (χ3n) is 5.80. The Kier molecular flexibility index (Phi) is 6.31. The molecule has 1 aliphatic heterocycles. The van der Waals surface area contributed by atoms with Crippen molar-refractivity contribution in [1.29, 1.82) is 0 Å². The van der Waals surface area contributed by atoms with Crippen LogP contribution in [0.1, 0.15) is 24.0 Å². The van der Waals surface area contributed by atoms with Crippen molar-refractivity contribution in [2.75, 3.05) is 23.3 Å². The van der Waals surface area contributed by atoms with Crippen LogP contribution in [-0.4, -0.2) is 29.2 Å². The fourth-order valence-corrected chi connectivity index (χ4v) is 3.93. The zero-order valence-corrected chi connectivity index (χ0v) is 17.9. The van der Waals surface area contributed by atoms with Gasteiger partial charge in [-0.05, 0) is 55.7 Å². The number of piperidine rings is 1. The molecule has 1 aliphatic rings. The van der Waals surface area contributed by atoms with Gasteiger partial charge in [-0.15, -0.1) is 10.2 Å². The largest absolute Gasteiger partial charge is 0.419 e. The summed E-state index contributed by atoms with van der Waals surface area (Å²) in [7, 11) is 0. The van der Waals surface area contributed by atoms with Gasteiger partial charge in [0, 0.05) is 30.3 Å². The van der Waals surface area contributed by atoms with Crippen LogP contribution in [0.25, 0.3) is 11.3 Å². The molecule has 0 unspecified atom stereocenters. The fraction of sp³-hybridized carbons (Fsp3) is 0.292. The number of hydrogen-bond donors (Lipinski definition) is 1. The van der Waals surface area contributed by atoms with Gasteiger partial charge < -0.3 is 10.2 Å². The van der Waals surface area contributed by atoms with E-state index in [0.29, 0.717) is 43.9 Å². The molecule has 172 valence electrons. The summed E-state index contributed by atoms with van der Waals surface area (Å²) < 4.78 is 52.1. The molecule has 5 nitrogen and oxygen atoms in total. The average Bonchev–Trinajstić information content (AvgIpc) is 2.80. The molecule has 0 aliphatic carbocycles. The minimum atomic E-state index is -4.83. The standard InChI is InChI=1S/C24H22F4N4O/c1-15-4-2-3-5-18(15)21-8-9-22(31-30-21)32-12-10-16(11-13-32)23(33)29-17-6-7-20(25)19(14-17)24(26,27)28/h2-9,14,16H,10-13H2,1H3,(H,29,33). The molecular formula is C24H22F4N4O. The lowest BCUT2D eigenvalue weighted by molar-refractivity contribution is -0.140. The van der Waals surface area contributed by atoms with Crippen molar-refractivity contribution >= 4 is 17.4 Å². The molecule has 0 atom stereocenters. The summed E-state index contributed by atoms with van der Waals surface area (Å²) in [5.74, 6) is -1.40. The van der Waals surface area contributed by atoms with Crippen LogP contribution < -0.4 is 10.2 Å². The van der Waals surface area contributed by atoms with Gasteiger partial charge >= 0.3 is 6.18 Å². The molecule has 0 radical (unpaired) electrons. The Morgan fingerprint density at radius 1 is 1.03 bits per heavy atom. The molecular weight excluding hydrogens is 436 g/mol. The Morgan fingerprint density at radius 3 is 2.39 bits per heavy atom. The molecule has 1 saturated heterocycles. The van der Waals surface area contributed by atoms with E-state index in [1.165, 1.54) is 0 Å². The third-order valence-corrected chi connectivity index (χ3v) is 5.80. The maximum atomic E-state index is 13.5. The fourth-order valence-electron chi connectivity index (χ4n) is 3.93. The number of aromatic nitrogens is 2. The van der Waals surface area contributed by atoms with Gasteiger partial charge in [-0.3, -0.25) is 4.79 Å². The van der Waals surface area contributed by atoms with E-state index in [2.05, 4.69) is 15.5 Å². The lowest BCUT2D eigenvalue weighted by atomic mass is 9.95. The molecule has 9 heteroatoms. The summed E-state index contributed by atoms with van der Waals surface area (Å²) in [6.45, 7) is 3.14. The Labute approximate surface area is 188 Å². The Morgan fingerprint density at radius 2 is 1.76 bits per heavy atom. The van der Waals surface area contributed by atoms with E-state index in [9.17, 15) is 22.4 Å². The summed E-state index contributed by atoms with van der Waals surface area (Å²) in [6.07, 6.45) is -3.80. The van der Waals surface area contributed by atoms with Crippen molar-refractivity contribution in [2.45, 2.75) is 25.9 Å². The van der Waals surface area contributed by atoms with Crippen molar-refractivity contribution in [3.05, 3.63) is 71.5 Å². The number of halogens is 4. The van der Waals surface area contributed by atoms with E-state index < -0.39 is 17.6 Å². The molecule has 1 fully saturated rings. The smallest absolute Gasteiger partial charge is 0.355 e. The second-order valence-electron chi connectivity index (χ2n) is 8.03. The molecule has 1 N–H and O–H groups in total. The van der Waals surface area contributed by atoms with E-state index >= 15 is 0 Å². The quantitative estimate of drug-likeness (QED) is 0.527. The van der Waals surface area contributed by atoms with Gasteiger partial charge in [-0.25, -0.2) is 4.39 Å². The van der Waals surface area contributed by atoms with Crippen LogP contribution in [-0.2, 0) is 11.0 Å². The van der Waals surface area contributed by atoms with E-state index in [4.69, 9.17) is 0 Å². The maximum Gasteiger partial charge on any atom is 0.419 e. The first-order chi connectivity index (χ1) is 15.7. The van der Waals surface area contributed by atoms with E-state index in [0.717, 1.165) is 22.9 Å². The predicted molar refractivity (Wildman–Crippen MR) is 117 cm³/mol. The second-order valence-corrected chi connectivity index (χ2v) is 8.03. The number of rotatable bonds is 4. The molecule has 2 heterocycles. The summed E-state index contributed by atoms with van der Waals surface area (Å²) in [4.78, 5) is 14.6. The Hall–Kier alpha value is -3.49. The highest BCUT2D eigenvalue weighted by Crippen LogP contribution is 2.33. The molecule has 2 aromatic carbocycles. The number of carbonyl (C=O) groups is 1. The highest BCUT2D eigenvalue weighted by molar-refractivity contribution is 5.92. The van der Waals surface area contributed by atoms with Gasteiger partial charge in [-0.1, -0.05) is 24.3 Å². The third kappa shape index (κ3) is 5.13. The van der Waals surface area contributed by atoms with Crippen molar-refractivity contribution in [1.82, 2.24) is 10.2 Å². The van der Waals surface area contributed by atoms with Crippen LogP contribution >= 0.6 is 0 Å². The van der Waals surface area contributed by atoms with Crippen LogP contribution in [0.4, 0.5) is 29.1 Å². The van der Waals surface area contributed by atoms with Crippen LogP contribution in [0.15, 0.2) is 54.6 Å². The number of aryl methyl sites for hydroxylation is 1. The van der Waals surface area contributed by atoms with Gasteiger partial charge in [0.1, 0.15) is 5.82 Å². The zero-order valence-electron chi connectivity index (χ0n) is 17.9. The first kappa shape index (κ1) is 22.7. The van der Waals surface area contributed by atoms with Crippen LogP contribution in [0.3, 0.4) is 0 Å². The number of anilines is 2. The second kappa shape index (κ2) is 9.17. The topological polar surface area (TPSA) is 58.1 Å². The molecule has 1 aromatic heterocycles. The minimum absolute atomic E-state index is 0.0752. The van der Waals surface area contributed by atoms with Gasteiger partial charge in [0.15, 0.2) is 5.82 Å². The first-order valence-electron chi connectivity index (χ1n) is 10.5.